The summed E-state index contributed by atoms with van der Waals surface area (Å²) in [6.45, 7) is 4.62. The monoisotopic (exact) mass is 791 g/mol. The molecule has 2 unspecified atom stereocenters. The molecule has 9 rings (SSSR count). The molecule has 0 fully saturated rings. The Balaban J connectivity index is 1.10. The molecule has 0 bridgehead atoms. The molecular weight excluding hydrogens is 740 g/mol. The Morgan fingerprint density at radius 3 is 2.02 bits per heavy atom. The summed E-state index contributed by atoms with van der Waals surface area (Å²) >= 11 is 7.39. The van der Waals surface area contributed by atoms with Gasteiger partial charge in [0.05, 0.1) is 27.8 Å². The molecule has 1 aliphatic heterocycles. The summed E-state index contributed by atoms with van der Waals surface area (Å²) in [5, 5.41) is 0.871. The SMILES string of the molecule is CCC1CC(C=C=C2CCCC(CC=C3CC(CC)Cc4c(-c5ccccc5)cc(-c5ccccc5)[o+]c43)=C2Cl)=C2OC(c3ccccc3)=CC(c3ccccc3)=C2C1. The number of benzene rings is 4. The Morgan fingerprint density at radius 2 is 1.34 bits per heavy atom. The van der Waals surface area contributed by atoms with E-state index >= 15 is 0 Å². The second-order valence-corrected chi connectivity index (χ2v) is 16.9. The van der Waals surface area contributed by atoms with Gasteiger partial charge in [0.25, 0.3) is 0 Å². The highest BCUT2D eigenvalue weighted by atomic mass is 35.5. The predicted octanol–water partition coefficient (Wildman–Crippen LogP) is 16.0. The van der Waals surface area contributed by atoms with Crippen LogP contribution in [0.4, 0.5) is 0 Å². The van der Waals surface area contributed by atoms with Crippen molar-refractivity contribution in [2.45, 2.75) is 78.1 Å². The van der Waals surface area contributed by atoms with E-state index in [0.717, 1.165) is 109 Å². The highest BCUT2D eigenvalue weighted by Crippen LogP contribution is 2.47. The highest BCUT2D eigenvalue weighted by molar-refractivity contribution is 6.32. The maximum atomic E-state index is 7.39. The number of hydrogen-bond acceptors (Lipinski definition) is 1. The Bertz CT molecular complexity index is 2560. The van der Waals surface area contributed by atoms with E-state index in [1.807, 2.05) is 0 Å². The van der Waals surface area contributed by atoms with E-state index in [2.05, 4.69) is 165 Å². The van der Waals surface area contributed by atoms with E-state index in [-0.39, 0.29) is 0 Å². The summed E-state index contributed by atoms with van der Waals surface area (Å²) in [4.78, 5) is 0. The maximum absolute atomic E-state index is 7.39. The van der Waals surface area contributed by atoms with E-state index in [4.69, 9.17) is 20.8 Å². The van der Waals surface area contributed by atoms with Crippen molar-refractivity contribution in [1.82, 2.24) is 0 Å². The summed E-state index contributed by atoms with van der Waals surface area (Å²) < 4.78 is 13.8. The van der Waals surface area contributed by atoms with Crippen LogP contribution in [0.3, 0.4) is 0 Å². The smallest absolute Gasteiger partial charge is 0.361 e. The van der Waals surface area contributed by atoms with Gasteiger partial charge >= 0.3 is 11.5 Å². The molecule has 5 aromatic rings. The Morgan fingerprint density at radius 1 is 0.712 bits per heavy atom. The number of halogens is 1. The van der Waals surface area contributed by atoms with Crippen LogP contribution in [0.5, 0.6) is 0 Å². The third-order valence-electron chi connectivity index (χ3n) is 12.7. The average Bonchev–Trinajstić information content (AvgIpc) is 3.30. The van der Waals surface area contributed by atoms with Crippen molar-refractivity contribution in [3.63, 3.8) is 0 Å². The molecular formula is C56H52ClO2+. The van der Waals surface area contributed by atoms with Crippen LogP contribution in [-0.2, 0) is 11.2 Å². The molecule has 59 heavy (non-hydrogen) atoms. The molecule has 3 aliphatic carbocycles. The zero-order valence-corrected chi connectivity index (χ0v) is 35.0. The average molecular weight is 792 g/mol. The molecule has 294 valence electrons. The van der Waals surface area contributed by atoms with Crippen molar-refractivity contribution in [1.29, 1.82) is 0 Å². The van der Waals surface area contributed by atoms with E-state index in [1.165, 1.54) is 50.1 Å². The third-order valence-corrected chi connectivity index (χ3v) is 13.2. The lowest BCUT2D eigenvalue weighted by Crippen LogP contribution is -2.17. The number of fused-ring (bicyclic) bond motifs is 2. The van der Waals surface area contributed by atoms with E-state index in [9.17, 15) is 0 Å². The van der Waals surface area contributed by atoms with Crippen LogP contribution in [0.15, 0.2) is 189 Å². The summed E-state index contributed by atoms with van der Waals surface area (Å²) in [6, 6.07) is 44.8. The molecule has 2 heterocycles. The van der Waals surface area contributed by atoms with Gasteiger partial charge in [0.15, 0.2) is 0 Å². The Hall–Kier alpha value is -5.66. The lowest BCUT2D eigenvalue weighted by atomic mass is 9.78. The third kappa shape index (κ3) is 8.31. The highest BCUT2D eigenvalue weighted by Gasteiger charge is 2.35. The minimum absolute atomic E-state index is 0.529. The number of allylic oxidation sites excluding steroid dienone is 9. The quantitative estimate of drug-likeness (QED) is 0.109. The molecule has 3 heteroatoms. The van der Waals surface area contributed by atoms with Crippen LogP contribution in [0.1, 0.15) is 94.1 Å². The fraction of sp³-hybridized carbons (Fsp3) is 0.250. The second-order valence-electron chi connectivity index (χ2n) is 16.5. The molecule has 0 saturated heterocycles. The first-order valence-corrected chi connectivity index (χ1v) is 22.0. The lowest BCUT2D eigenvalue weighted by molar-refractivity contribution is 0.350. The van der Waals surface area contributed by atoms with Gasteiger partial charge < -0.3 is 4.74 Å². The van der Waals surface area contributed by atoms with Gasteiger partial charge in [-0.3, -0.25) is 0 Å². The fourth-order valence-corrected chi connectivity index (χ4v) is 9.63. The zero-order valence-electron chi connectivity index (χ0n) is 34.3. The normalized spacial score (nSPS) is 19.8. The van der Waals surface area contributed by atoms with Gasteiger partial charge in [-0.05, 0) is 110 Å². The predicted molar refractivity (Wildman–Crippen MR) is 246 cm³/mol. The van der Waals surface area contributed by atoms with Gasteiger partial charge in [-0.25, -0.2) is 4.42 Å². The number of hydrogen-bond donors (Lipinski definition) is 0. The molecule has 2 atom stereocenters. The summed E-state index contributed by atoms with van der Waals surface area (Å²) in [5.41, 5.74) is 18.4. The van der Waals surface area contributed by atoms with Crippen molar-refractivity contribution >= 4 is 28.5 Å². The molecule has 1 aromatic heterocycles. The fourth-order valence-electron chi connectivity index (χ4n) is 9.31. The maximum Gasteiger partial charge on any atom is 0.361 e. The standard InChI is InChI=1S/C56H52ClO2/c1-3-38-32-46(55-50(34-38)48(40-18-9-5-10-19-40)36-52(58-55)42-22-13-7-14-23-42)30-28-44-26-17-27-45(54(44)57)29-31-47-33-39(4-2)35-51-49(41-20-11-6-12-21-41)37-53(59-56(47)51)43-24-15-8-16-25-43/h5-16,18-25,30-31,36-39H,3-4,17,26-28,32-35H2,1-2H3/q+1. The van der Waals surface area contributed by atoms with Crippen LogP contribution in [-0.4, -0.2) is 0 Å². The minimum Gasteiger partial charge on any atom is -0.456 e. The first kappa shape index (κ1) is 38.8. The molecule has 4 aliphatic rings. The van der Waals surface area contributed by atoms with Crippen LogP contribution in [0.2, 0.25) is 0 Å². The first-order valence-electron chi connectivity index (χ1n) is 21.7. The zero-order chi connectivity index (χ0) is 40.1. The molecule has 2 nitrogen and oxygen atoms in total. The van der Waals surface area contributed by atoms with Gasteiger partial charge in [-0.1, -0.05) is 154 Å². The van der Waals surface area contributed by atoms with Crippen molar-refractivity contribution < 1.29 is 9.15 Å². The number of ether oxygens (including phenoxy) is 1. The van der Waals surface area contributed by atoms with Gasteiger partial charge in [-0.15, -0.1) is 5.73 Å². The van der Waals surface area contributed by atoms with Crippen molar-refractivity contribution in [2.75, 3.05) is 0 Å². The lowest BCUT2D eigenvalue weighted by Gasteiger charge is -2.32. The van der Waals surface area contributed by atoms with Gasteiger partial charge in [0.1, 0.15) is 11.5 Å². The second kappa shape index (κ2) is 17.7. The molecule has 0 radical (unpaired) electrons. The summed E-state index contributed by atoms with van der Waals surface area (Å²) in [7, 11) is 0. The van der Waals surface area contributed by atoms with Crippen molar-refractivity contribution in [2.24, 2.45) is 11.8 Å². The summed E-state index contributed by atoms with van der Waals surface area (Å²) in [6.07, 6.45) is 16.8. The molecule has 0 N–H and O–H groups in total. The van der Waals surface area contributed by atoms with E-state index in [1.54, 1.807) is 0 Å². The van der Waals surface area contributed by atoms with Crippen LogP contribution >= 0.6 is 11.6 Å². The van der Waals surface area contributed by atoms with Gasteiger partial charge in [0.2, 0.25) is 0 Å². The molecule has 0 saturated carbocycles. The molecule has 0 spiro atoms. The van der Waals surface area contributed by atoms with Gasteiger partial charge in [-0.2, -0.15) is 0 Å². The first-order chi connectivity index (χ1) is 29.1. The van der Waals surface area contributed by atoms with E-state index in [0.29, 0.717) is 11.8 Å². The van der Waals surface area contributed by atoms with Crippen LogP contribution in [0, 0.1) is 11.8 Å². The van der Waals surface area contributed by atoms with Crippen molar-refractivity contribution in [3.05, 3.63) is 207 Å². The topological polar surface area (TPSA) is 20.5 Å². The molecule has 0 amide bonds. The number of rotatable bonds is 9. The van der Waals surface area contributed by atoms with Crippen LogP contribution < -0.4 is 0 Å². The van der Waals surface area contributed by atoms with Crippen molar-refractivity contribution in [3.8, 4) is 22.5 Å². The molecule has 4 aromatic carbocycles. The largest absolute Gasteiger partial charge is 0.456 e. The van der Waals surface area contributed by atoms with Crippen LogP contribution in [0.25, 0.3) is 39.4 Å². The van der Waals surface area contributed by atoms with E-state index < -0.39 is 0 Å². The van der Waals surface area contributed by atoms with Gasteiger partial charge in [0, 0.05) is 27.8 Å². The minimum atomic E-state index is 0.529. The Labute approximate surface area is 355 Å². The summed E-state index contributed by atoms with van der Waals surface area (Å²) in [5.74, 6) is 4.89. The Kier molecular flexibility index (Phi) is 11.6.